The third-order valence-corrected chi connectivity index (χ3v) is 5.39. The zero-order valence-corrected chi connectivity index (χ0v) is 17.4. The number of rotatable bonds is 5. The Morgan fingerprint density at radius 1 is 1.07 bits per heavy atom. The number of aromatic hydroxyl groups is 2. The first-order valence-electron chi connectivity index (χ1n) is 9.46. The van der Waals surface area contributed by atoms with Crippen molar-refractivity contribution in [2.45, 2.75) is 19.8 Å². The third kappa shape index (κ3) is 4.21. The lowest BCUT2D eigenvalue weighted by molar-refractivity contribution is 0.450. The molecule has 0 unspecified atom stereocenters. The number of nitrogens with zero attached hydrogens (tertiary/aromatic N) is 3. The van der Waals surface area contributed by atoms with Gasteiger partial charge in [0.1, 0.15) is 17.2 Å². The van der Waals surface area contributed by atoms with E-state index in [4.69, 9.17) is 9.41 Å². The predicted molar refractivity (Wildman–Crippen MR) is 119 cm³/mol. The highest BCUT2D eigenvalue weighted by Crippen LogP contribution is 2.24. The number of thiazole rings is 1. The van der Waals surface area contributed by atoms with E-state index in [-0.39, 0.29) is 11.5 Å². The summed E-state index contributed by atoms with van der Waals surface area (Å²) in [6.45, 7) is 4.31. The van der Waals surface area contributed by atoms with E-state index in [0.29, 0.717) is 22.0 Å². The van der Waals surface area contributed by atoms with Crippen LogP contribution in [-0.4, -0.2) is 21.1 Å². The van der Waals surface area contributed by atoms with Crippen molar-refractivity contribution in [3.05, 3.63) is 82.2 Å². The van der Waals surface area contributed by atoms with Crippen LogP contribution in [0.25, 0.3) is 11.5 Å². The SMILES string of the molecule is CC(C)c1ccc(N=c2scc(-c3ccco3)n2N=Cc2ccc(O)cc2O)cc1. The molecule has 0 saturated carbocycles. The normalized spacial score (nSPS) is 12.3. The highest BCUT2D eigenvalue weighted by atomic mass is 32.1. The Morgan fingerprint density at radius 3 is 2.53 bits per heavy atom. The Bertz CT molecular complexity index is 1230. The van der Waals surface area contributed by atoms with Gasteiger partial charge < -0.3 is 14.6 Å². The lowest BCUT2D eigenvalue weighted by Crippen LogP contribution is -2.11. The van der Waals surface area contributed by atoms with Crippen molar-refractivity contribution in [1.82, 2.24) is 4.68 Å². The molecule has 0 fully saturated rings. The van der Waals surface area contributed by atoms with Crippen molar-refractivity contribution in [1.29, 1.82) is 0 Å². The van der Waals surface area contributed by atoms with Crippen LogP contribution in [0.3, 0.4) is 0 Å². The van der Waals surface area contributed by atoms with E-state index < -0.39 is 0 Å². The standard InChI is InChI=1S/C23H21N3O3S/c1-15(2)16-5-8-18(9-6-16)25-23-26(20(14-30-23)22-4-3-11-29-22)24-13-17-7-10-19(27)12-21(17)28/h3-15,27-28H,1-2H3. The fourth-order valence-electron chi connectivity index (χ4n) is 2.89. The van der Waals surface area contributed by atoms with E-state index in [9.17, 15) is 10.2 Å². The number of hydrogen-bond donors (Lipinski definition) is 2. The highest BCUT2D eigenvalue weighted by Gasteiger charge is 2.10. The summed E-state index contributed by atoms with van der Waals surface area (Å²) >= 11 is 1.44. The van der Waals surface area contributed by atoms with E-state index >= 15 is 0 Å². The summed E-state index contributed by atoms with van der Waals surface area (Å²) in [5.41, 5.74) is 3.30. The molecule has 2 aromatic carbocycles. The Balaban J connectivity index is 1.79. The molecule has 0 amide bonds. The molecule has 4 aromatic rings. The quantitative estimate of drug-likeness (QED) is 0.421. The van der Waals surface area contributed by atoms with Gasteiger partial charge in [0.15, 0.2) is 5.76 Å². The van der Waals surface area contributed by atoms with E-state index in [2.05, 4.69) is 31.1 Å². The summed E-state index contributed by atoms with van der Waals surface area (Å²) in [4.78, 5) is 5.40. The fraction of sp³-hybridized carbons (Fsp3) is 0.130. The second kappa shape index (κ2) is 8.42. The van der Waals surface area contributed by atoms with Crippen molar-refractivity contribution in [3.63, 3.8) is 0 Å². The Hall–Kier alpha value is -3.58. The van der Waals surface area contributed by atoms with Crippen LogP contribution in [0.2, 0.25) is 0 Å². The molecule has 30 heavy (non-hydrogen) atoms. The smallest absolute Gasteiger partial charge is 0.211 e. The van der Waals surface area contributed by atoms with Crippen molar-refractivity contribution < 1.29 is 14.6 Å². The Kier molecular flexibility index (Phi) is 5.54. The first-order valence-corrected chi connectivity index (χ1v) is 10.3. The lowest BCUT2D eigenvalue weighted by Gasteiger charge is -2.04. The maximum absolute atomic E-state index is 10.0. The zero-order chi connectivity index (χ0) is 21.1. The summed E-state index contributed by atoms with van der Waals surface area (Å²) in [5.74, 6) is 1.05. The van der Waals surface area contributed by atoms with Crippen molar-refractivity contribution >= 4 is 23.2 Å². The van der Waals surface area contributed by atoms with Gasteiger partial charge in [-0.25, -0.2) is 9.67 Å². The number of benzene rings is 2. The van der Waals surface area contributed by atoms with Gasteiger partial charge in [-0.2, -0.15) is 5.10 Å². The molecule has 0 aliphatic rings. The van der Waals surface area contributed by atoms with Gasteiger partial charge in [0.2, 0.25) is 4.80 Å². The molecule has 152 valence electrons. The molecular formula is C23H21N3O3S. The number of phenolic OH excluding ortho intramolecular Hbond substituents is 2. The maximum Gasteiger partial charge on any atom is 0.211 e. The van der Waals surface area contributed by atoms with Gasteiger partial charge in [-0.3, -0.25) is 0 Å². The van der Waals surface area contributed by atoms with Crippen molar-refractivity contribution in [3.8, 4) is 23.0 Å². The first-order chi connectivity index (χ1) is 14.5. The van der Waals surface area contributed by atoms with Crippen LogP contribution in [-0.2, 0) is 0 Å². The average Bonchev–Trinajstić information content (AvgIpc) is 3.38. The maximum atomic E-state index is 10.0. The van der Waals surface area contributed by atoms with Crippen LogP contribution in [0.5, 0.6) is 11.5 Å². The molecule has 2 N–H and O–H groups in total. The van der Waals surface area contributed by atoms with Crippen LogP contribution in [0.1, 0.15) is 30.9 Å². The van der Waals surface area contributed by atoms with Gasteiger partial charge in [-0.15, -0.1) is 11.3 Å². The minimum Gasteiger partial charge on any atom is -0.508 e. The summed E-state index contributed by atoms with van der Waals surface area (Å²) in [7, 11) is 0. The molecule has 7 heteroatoms. The number of hydrogen-bond acceptors (Lipinski definition) is 6. The predicted octanol–water partition coefficient (Wildman–Crippen LogP) is 5.46. The van der Waals surface area contributed by atoms with Crippen LogP contribution in [0.4, 0.5) is 5.69 Å². The summed E-state index contributed by atoms with van der Waals surface area (Å²) < 4.78 is 7.22. The van der Waals surface area contributed by atoms with Gasteiger partial charge >= 0.3 is 0 Å². The minimum absolute atomic E-state index is 0.00959. The molecule has 0 aliphatic heterocycles. The minimum atomic E-state index is -0.0584. The zero-order valence-electron chi connectivity index (χ0n) is 16.6. The molecule has 2 heterocycles. The second-order valence-corrected chi connectivity index (χ2v) is 7.87. The number of furan rings is 1. The van der Waals surface area contributed by atoms with Crippen LogP contribution >= 0.6 is 11.3 Å². The molecule has 2 aromatic heterocycles. The molecule has 0 bridgehead atoms. The first kappa shape index (κ1) is 19.7. The van der Waals surface area contributed by atoms with Gasteiger partial charge in [-0.1, -0.05) is 26.0 Å². The fourth-order valence-corrected chi connectivity index (χ4v) is 3.73. The van der Waals surface area contributed by atoms with Gasteiger partial charge in [0.05, 0.1) is 18.2 Å². The van der Waals surface area contributed by atoms with E-state index in [1.54, 1.807) is 17.0 Å². The molecule has 0 saturated heterocycles. The Labute approximate surface area is 177 Å². The van der Waals surface area contributed by atoms with Crippen LogP contribution in [0, 0.1) is 0 Å². The number of aromatic nitrogens is 1. The lowest BCUT2D eigenvalue weighted by atomic mass is 10.0. The van der Waals surface area contributed by atoms with E-state index in [1.807, 2.05) is 29.6 Å². The van der Waals surface area contributed by atoms with E-state index in [0.717, 1.165) is 11.4 Å². The van der Waals surface area contributed by atoms with Gasteiger partial charge in [-0.05, 0) is 47.9 Å². The van der Waals surface area contributed by atoms with E-state index in [1.165, 1.54) is 35.2 Å². The Morgan fingerprint density at radius 2 is 1.87 bits per heavy atom. The van der Waals surface area contributed by atoms with Gasteiger partial charge in [0, 0.05) is 17.0 Å². The third-order valence-electron chi connectivity index (χ3n) is 4.57. The molecule has 4 rings (SSSR count). The average molecular weight is 420 g/mol. The van der Waals surface area contributed by atoms with Crippen molar-refractivity contribution in [2.24, 2.45) is 10.1 Å². The molecule has 0 aliphatic carbocycles. The number of phenols is 2. The molecule has 0 spiro atoms. The topological polar surface area (TPSA) is 83.2 Å². The molecule has 6 nitrogen and oxygen atoms in total. The van der Waals surface area contributed by atoms with Crippen LogP contribution in [0.15, 0.2) is 80.8 Å². The summed E-state index contributed by atoms with van der Waals surface area (Å²) in [6, 6.07) is 16.2. The highest BCUT2D eigenvalue weighted by molar-refractivity contribution is 7.07. The molecule has 0 atom stereocenters. The molecular weight excluding hydrogens is 398 g/mol. The second-order valence-electron chi connectivity index (χ2n) is 7.04. The van der Waals surface area contributed by atoms with Gasteiger partial charge in [0.25, 0.3) is 0 Å². The summed E-state index contributed by atoms with van der Waals surface area (Å²) in [6.07, 6.45) is 3.13. The molecule has 0 radical (unpaired) electrons. The van der Waals surface area contributed by atoms with Crippen LogP contribution < -0.4 is 4.80 Å². The largest absolute Gasteiger partial charge is 0.508 e. The van der Waals surface area contributed by atoms with Crippen molar-refractivity contribution in [2.75, 3.05) is 0 Å². The monoisotopic (exact) mass is 419 g/mol. The summed E-state index contributed by atoms with van der Waals surface area (Å²) in [5, 5.41) is 26.0.